The van der Waals surface area contributed by atoms with Gasteiger partial charge in [0.1, 0.15) is 0 Å². The van der Waals surface area contributed by atoms with Crippen LogP contribution in [-0.4, -0.2) is 11.1 Å². The molecule has 1 unspecified atom stereocenters. The summed E-state index contributed by atoms with van der Waals surface area (Å²) in [7, 11) is 0. The Kier molecular flexibility index (Phi) is 1.84. The first-order valence-electron chi connectivity index (χ1n) is 5.58. The van der Waals surface area contributed by atoms with Crippen molar-refractivity contribution in [2.24, 2.45) is 11.8 Å². The molecular formula is C13H14O2. The standard InChI is InChI=1S/C13H14O2/c14-13(15)12-7-11(12)10-6-5-8-3-1-2-4-9(8)10/h1-4,10-12H,5-7H2,(H,14,15)/t10?,11-,12+/m0/s1. The fourth-order valence-electron chi connectivity index (χ4n) is 2.98. The Bertz CT molecular complexity index is 411. The lowest BCUT2D eigenvalue weighted by molar-refractivity contribution is -0.138. The van der Waals surface area contributed by atoms with Crippen LogP contribution < -0.4 is 0 Å². The minimum absolute atomic E-state index is 0.0684. The second-order valence-electron chi connectivity index (χ2n) is 4.69. The van der Waals surface area contributed by atoms with Gasteiger partial charge < -0.3 is 5.11 Å². The van der Waals surface area contributed by atoms with E-state index in [9.17, 15) is 4.79 Å². The van der Waals surface area contributed by atoms with Crippen LogP contribution in [0.3, 0.4) is 0 Å². The molecule has 15 heavy (non-hydrogen) atoms. The van der Waals surface area contributed by atoms with Crippen molar-refractivity contribution >= 4 is 5.97 Å². The molecule has 1 fully saturated rings. The average molecular weight is 202 g/mol. The molecule has 0 aliphatic heterocycles. The third-order valence-corrected chi connectivity index (χ3v) is 3.85. The first-order valence-corrected chi connectivity index (χ1v) is 5.58. The van der Waals surface area contributed by atoms with Crippen LogP contribution >= 0.6 is 0 Å². The number of carbonyl (C=O) groups is 1. The van der Waals surface area contributed by atoms with Crippen molar-refractivity contribution in [2.45, 2.75) is 25.2 Å². The minimum Gasteiger partial charge on any atom is -0.481 e. The van der Waals surface area contributed by atoms with Crippen molar-refractivity contribution in [3.05, 3.63) is 35.4 Å². The Labute approximate surface area is 88.9 Å². The van der Waals surface area contributed by atoms with Crippen molar-refractivity contribution < 1.29 is 9.90 Å². The third kappa shape index (κ3) is 1.36. The normalized spacial score (nSPS) is 32.4. The second kappa shape index (κ2) is 3.09. The highest BCUT2D eigenvalue weighted by atomic mass is 16.4. The van der Waals surface area contributed by atoms with Crippen molar-refractivity contribution in [3.63, 3.8) is 0 Å². The van der Waals surface area contributed by atoms with Crippen LogP contribution in [-0.2, 0) is 11.2 Å². The highest BCUT2D eigenvalue weighted by Crippen LogP contribution is 2.53. The van der Waals surface area contributed by atoms with Crippen molar-refractivity contribution in [1.29, 1.82) is 0 Å². The van der Waals surface area contributed by atoms with Crippen LogP contribution in [0.1, 0.15) is 29.9 Å². The molecule has 2 heteroatoms. The van der Waals surface area contributed by atoms with Gasteiger partial charge in [0.2, 0.25) is 0 Å². The summed E-state index contributed by atoms with van der Waals surface area (Å²) in [6, 6.07) is 8.48. The van der Waals surface area contributed by atoms with Crippen LogP contribution in [0.25, 0.3) is 0 Å². The minimum atomic E-state index is -0.607. The zero-order chi connectivity index (χ0) is 10.4. The molecule has 3 rings (SSSR count). The number of aryl methyl sites for hydroxylation is 1. The molecule has 0 bridgehead atoms. The van der Waals surface area contributed by atoms with Crippen molar-refractivity contribution in [1.82, 2.24) is 0 Å². The number of fused-ring (bicyclic) bond motifs is 1. The maximum Gasteiger partial charge on any atom is 0.306 e. The van der Waals surface area contributed by atoms with Gasteiger partial charge in [-0.25, -0.2) is 0 Å². The number of carboxylic acid groups (broad SMARTS) is 1. The first-order chi connectivity index (χ1) is 7.27. The SMILES string of the molecule is O=C(O)[C@@H]1C[C@H]1C1CCc2ccccc21. The monoisotopic (exact) mass is 202 g/mol. The van der Waals surface area contributed by atoms with Gasteiger partial charge in [-0.1, -0.05) is 24.3 Å². The van der Waals surface area contributed by atoms with Gasteiger partial charge in [0, 0.05) is 0 Å². The summed E-state index contributed by atoms with van der Waals surface area (Å²) in [5.41, 5.74) is 2.84. The Hall–Kier alpha value is -1.31. The Morgan fingerprint density at radius 1 is 1.33 bits per heavy atom. The zero-order valence-electron chi connectivity index (χ0n) is 8.52. The van der Waals surface area contributed by atoms with Gasteiger partial charge in [0.05, 0.1) is 5.92 Å². The molecule has 0 saturated heterocycles. The molecular weight excluding hydrogens is 188 g/mol. The Morgan fingerprint density at radius 2 is 2.13 bits per heavy atom. The van der Waals surface area contributed by atoms with Gasteiger partial charge in [-0.15, -0.1) is 0 Å². The van der Waals surface area contributed by atoms with E-state index in [1.165, 1.54) is 11.1 Å². The average Bonchev–Trinajstić information content (AvgIpc) is 2.92. The predicted octanol–water partition coefficient (Wildman–Crippen LogP) is 2.44. The summed E-state index contributed by atoms with van der Waals surface area (Å²) in [5, 5.41) is 8.93. The molecule has 0 spiro atoms. The highest BCUT2D eigenvalue weighted by molar-refractivity contribution is 5.73. The number of aliphatic carboxylic acids is 1. The summed E-state index contributed by atoms with van der Waals surface area (Å²) >= 11 is 0. The molecule has 0 aromatic heterocycles. The van der Waals surface area contributed by atoms with Gasteiger partial charge >= 0.3 is 5.97 Å². The second-order valence-corrected chi connectivity index (χ2v) is 4.69. The number of carboxylic acids is 1. The van der Waals surface area contributed by atoms with E-state index in [0.29, 0.717) is 11.8 Å². The Balaban J connectivity index is 1.84. The molecule has 1 aromatic rings. The molecule has 2 aliphatic rings. The summed E-state index contributed by atoms with van der Waals surface area (Å²) in [4.78, 5) is 10.8. The smallest absolute Gasteiger partial charge is 0.306 e. The molecule has 0 radical (unpaired) electrons. The van der Waals surface area contributed by atoms with Crippen LogP contribution in [0.2, 0.25) is 0 Å². The number of hydrogen-bond donors (Lipinski definition) is 1. The van der Waals surface area contributed by atoms with E-state index in [1.807, 2.05) is 0 Å². The molecule has 2 aliphatic carbocycles. The van der Waals surface area contributed by atoms with E-state index < -0.39 is 5.97 Å². The quantitative estimate of drug-likeness (QED) is 0.799. The third-order valence-electron chi connectivity index (χ3n) is 3.85. The maximum atomic E-state index is 10.8. The fraction of sp³-hybridized carbons (Fsp3) is 0.462. The number of rotatable bonds is 2. The Morgan fingerprint density at radius 3 is 2.87 bits per heavy atom. The van der Waals surface area contributed by atoms with Gasteiger partial charge in [-0.05, 0) is 42.2 Å². The molecule has 1 saturated carbocycles. The lowest BCUT2D eigenvalue weighted by Gasteiger charge is -2.09. The highest BCUT2D eigenvalue weighted by Gasteiger charge is 2.49. The molecule has 3 atom stereocenters. The van der Waals surface area contributed by atoms with Gasteiger partial charge in [0.25, 0.3) is 0 Å². The lowest BCUT2D eigenvalue weighted by atomic mass is 9.95. The van der Waals surface area contributed by atoms with Gasteiger partial charge in [0.15, 0.2) is 0 Å². The molecule has 0 amide bonds. The summed E-state index contributed by atoms with van der Waals surface area (Å²) < 4.78 is 0. The van der Waals surface area contributed by atoms with Gasteiger partial charge in [-0.3, -0.25) is 4.79 Å². The first kappa shape index (κ1) is 8.96. The largest absolute Gasteiger partial charge is 0.481 e. The van der Waals surface area contributed by atoms with E-state index in [-0.39, 0.29) is 5.92 Å². The number of hydrogen-bond acceptors (Lipinski definition) is 1. The number of benzene rings is 1. The summed E-state index contributed by atoms with van der Waals surface area (Å²) in [6.45, 7) is 0. The van der Waals surface area contributed by atoms with E-state index >= 15 is 0 Å². The predicted molar refractivity (Wildman–Crippen MR) is 56.7 cm³/mol. The molecule has 1 aromatic carbocycles. The molecule has 2 nitrogen and oxygen atoms in total. The molecule has 0 heterocycles. The van der Waals surface area contributed by atoms with Crippen molar-refractivity contribution in [2.75, 3.05) is 0 Å². The van der Waals surface area contributed by atoms with Crippen LogP contribution in [0.4, 0.5) is 0 Å². The van der Waals surface area contributed by atoms with E-state index in [4.69, 9.17) is 5.11 Å². The van der Waals surface area contributed by atoms with Crippen LogP contribution in [0.5, 0.6) is 0 Å². The van der Waals surface area contributed by atoms with E-state index in [0.717, 1.165) is 19.3 Å². The van der Waals surface area contributed by atoms with Crippen molar-refractivity contribution in [3.8, 4) is 0 Å². The fourth-order valence-corrected chi connectivity index (χ4v) is 2.98. The molecule has 1 N–H and O–H groups in total. The summed E-state index contributed by atoms with van der Waals surface area (Å²) in [6.07, 6.45) is 3.16. The molecule has 78 valence electrons. The van der Waals surface area contributed by atoms with E-state index in [1.54, 1.807) is 0 Å². The zero-order valence-corrected chi connectivity index (χ0v) is 8.52. The topological polar surface area (TPSA) is 37.3 Å². The lowest BCUT2D eigenvalue weighted by Crippen LogP contribution is -2.04. The van der Waals surface area contributed by atoms with E-state index in [2.05, 4.69) is 24.3 Å². The van der Waals surface area contributed by atoms with Crippen LogP contribution in [0.15, 0.2) is 24.3 Å². The summed E-state index contributed by atoms with van der Waals surface area (Å²) in [5.74, 6) is 0.249. The maximum absolute atomic E-state index is 10.8. The van der Waals surface area contributed by atoms with Crippen LogP contribution in [0, 0.1) is 11.8 Å². The van der Waals surface area contributed by atoms with Gasteiger partial charge in [-0.2, -0.15) is 0 Å².